The van der Waals surface area contributed by atoms with Gasteiger partial charge in [-0.1, -0.05) is 59.5 Å². The third kappa shape index (κ3) is 8.52. The van der Waals surface area contributed by atoms with Crippen LogP contribution in [0.25, 0.3) is 0 Å². The zero-order valence-corrected chi connectivity index (χ0v) is 15.6. The van der Waals surface area contributed by atoms with Gasteiger partial charge in [0.05, 0.1) is 6.61 Å². The summed E-state index contributed by atoms with van der Waals surface area (Å²) < 4.78 is 0. The molecule has 0 bridgehead atoms. The lowest BCUT2D eigenvalue weighted by Crippen LogP contribution is -2.29. The molecule has 0 aromatic heterocycles. The third-order valence-electron chi connectivity index (χ3n) is 5.14. The third-order valence-corrected chi connectivity index (χ3v) is 5.14. The highest BCUT2D eigenvalue weighted by Gasteiger charge is 2.20. The van der Waals surface area contributed by atoms with Crippen molar-refractivity contribution in [3.05, 3.63) is 12.2 Å². The van der Waals surface area contributed by atoms with Gasteiger partial charge >= 0.3 is 0 Å². The van der Waals surface area contributed by atoms with E-state index >= 15 is 0 Å². The van der Waals surface area contributed by atoms with Crippen molar-refractivity contribution in [1.82, 2.24) is 4.90 Å². The van der Waals surface area contributed by atoms with Crippen molar-refractivity contribution in [3.63, 3.8) is 0 Å². The second kappa shape index (κ2) is 12.5. The van der Waals surface area contributed by atoms with E-state index < -0.39 is 0 Å². The van der Waals surface area contributed by atoms with E-state index in [0.29, 0.717) is 30.9 Å². The lowest BCUT2D eigenvalue weighted by atomic mass is 9.80. The Balaban J connectivity index is 3.81. The molecule has 1 amide bonds. The SMILES string of the molecule is C=C(CO)C(=O)N(C)CCCCCCC(C)C(C)[C@@H](CC)CO. The van der Waals surface area contributed by atoms with Gasteiger partial charge < -0.3 is 15.1 Å². The molecule has 0 rings (SSSR count). The summed E-state index contributed by atoms with van der Waals surface area (Å²) in [6.07, 6.45) is 6.72. The van der Waals surface area contributed by atoms with Gasteiger partial charge in [-0.3, -0.25) is 4.79 Å². The molecule has 136 valence electrons. The predicted octanol–water partition coefficient (Wildman–Crippen LogP) is 3.23. The summed E-state index contributed by atoms with van der Waals surface area (Å²) in [4.78, 5) is 13.4. The van der Waals surface area contributed by atoms with Crippen LogP contribution in [0.1, 0.15) is 59.3 Å². The van der Waals surface area contributed by atoms with Gasteiger partial charge in [-0.25, -0.2) is 0 Å². The molecule has 23 heavy (non-hydrogen) atoms. The Kier molecular flexibility index (Phi) is 12.1. The van der Waals surface area contributed by atoms with E-state index in [1.807, 2.05) is 0 Å². The Hall–Kier alpha value is -0.870. The first-order valence-electron chi connectivity index (χ1n) is 9.03. The summed E-state index contributed by atoms with van der Waals surface area (Å²) in [6.45, 7) is 11.0. The second-order valence-corrected chi connectivity index (χ2v) is 6.88. The lowest BCUT2D eigenvalue weighted by Gasteiger charge is -2.26. The Morgan fingerprint density at radius 3 is 2.26 bits per heavy atom. The number of likely N-dealkylation sites (N-methyl/N-ethyl adjacent to an activating group) is 1. The predicted molar refractivity (Wildman–Crippen MR) is 96.1 cm³/mol. The van der Waals surface area contributed by atoms with Crippen molar-refractivity contribution in [2.24, 2.45) is 17.8 Å². The zero-order chi connectivity index (χ0) is 17.8. The number of nitrogens with zero attached hydrogens (tertiary/aromatic N) is 1. The first-order chi connectivity index (χ1) is 10.9. The van der Waals surface area contributed by atoms with Crippen LogP contribution < -0.4 is 0 Å². The molecule has 0 saturated carbocycles. The van der Waals surface area contributed by atoms with Gasteiger partial charge in [0, 0.05) is 25.8 Å². The van der Waals surface area contributed by atoms with Crippen molar-refractivity contribution in [2.45, 2.75) is 59.3 Å². The number of unbranched alkanes of at least 4 members (excludes halogenated alkanes) is 3. The smallest absolute Gasteiger partial charge is 0.251 e. The van der Waals surface area contributed by atoms with Crippen LogP contribution >= 0.6 is 0 Å². The van der Waals surface area contributed by atoms with E-state index in [0.717, 1.165) is 19.3 Å². The molecule has 0 heterocycles. The van der Waals surface area contributed by atoms with Crippen LogP contribution in [0.4, 0.5) is 0 Å². The summed E-state index contributed by atoms with van der Waals surface area (Å²) in [7, 11) is 1.76. The standard InChI is InChI=1S/C19H37NO3/c1-6-18(14-22)17(4)15(2)11-9-7-8-10-12-20(5)19(23)16(3)13-21/h15,17-18,21-22H,3,6-14H2,1-2,4-5H3/t15?,17?,18-/m0/s1. The highest BCUT2D eigenvalue weighted by atomic mass is 16.3. The van der Waals surface area contributed by atoms with Crippen molar-refractivity contribution in [3.8, 4) is 0 Å². The Morgan fingerprint density at radius 1 is 1.13 bits per heavy atom. The van der Waals surface area contributed by atoms with Gasteiger partial charge in [0.1, 0.15) is 0 Å². The molecule has 4 heteroatoms. The van der Waals surface area contributed by atoms with Crippen LogP contribution in [-0.2, 0) is 4.79 Å². The molecule has 2 unspecified atom stereocenters. The minimum atomic E-state index is -0.272. The number of aliphatic hydroxyl groups excluding tert-OH is 2. The molecule has 2 N–H and O–H groups in total. The number of carbonyl (C=O) groups excluding carboxylic acids is 1. The van der Waals surface area contributed by atoms with Crippen LogP contribution in [-0.4, -0.2) is 47.8 Å². The Morgan fingerprint density at radius 2 is 1.74 bits per heavy atom. The van der Waals surface area contributed by atoms with Gasteiger partial charge in [-0.15, -0.1) is 0 Å². The molecule has 0 aliphatic carbocycles. The molecule has 0 aliphatic heterocycles. The van der Waals surface area contributed by atoms with Crippen molar-refractivity contribution in [2.75, 3.05) is 26.8 Å². The van der Waals surface area contributed by atoms with Crippen LogP contribution in [0.15, 0.2) is 12.2 Å². The van der Waals surface area contributed by atoms with E-state index in [9.17, 15) is 9.90 Å². The quantitative estimate of drug-likeness (QED) is 0.403. The molecule has 0 aromatic carbocycles. The Bertz CT molecular complexity index is 340. The van der Waals surface area contributed by atoms with Gasteiger partial charge in [0.25, 0.3) is 5.91 Å². The number of hydrogen-bond acceptors (Lipinski definition) is 3. The van der Waals surface area contributed by atoms with E-state index in [2.05, 4.69) is 27.4 Å². The van der Waals surface area contributed by atoms with E-state index in [-0.39, 0.29) is 18.1 Å². The molecule has 0 radical (unpaired) electrons. The summed E-state index contributed by atoms with van der Waals surface area (Å²) >= 11 is 0. The fourth-order valence-electron chi connectivity index (χ4n) is 3.00. The second-order valence-electron chi connectivity index (χ2n) is 6.88. The first kappa shape index (κ1) is 22.1. The minimum Gasteiger partial charge on any atom is -0.396 e. The maximum Gasteiger partial charge on any atom is 0.251 e. The van der Waals surface area contributed by atoms with Gasteiger partial charge in [-0.05, 0) is 24.2 Å². The van der Waals surface area contributed by atoms with E-state index in [1.54, 1.807) is 11.9 Å². The van der Waals surface area contributed by atoms with Crippen LogP contribution in [0.2, 0.25) is 0 Å². The Labute approximate surface area is 142 Å². The number of carbonyl (C=O) groups is 1. The average Bonchev–Trinajstić information content (AvgIpc) is 2.56. The highest BCUT2D eigenvalue weighted by molar-refractivity contribution is 5.92. The number of rotatable bonds is 13. The van der Waals surface area contributed by atoms with Gasteiger partial charge in [0.2, 0.25) is 0 Å². The monoisotopic (exact) mass is 327 g/mol. The summed E-state index contributed by atoms with van der Waals surface area (Å²) in [5.41, 5.74) is 0.254. The lowest BCUT2D eigenvalue weighted by molar-refractivity contribution is -0.126. The van der Waals surface area contributed by atoms with Crippen molar-refractivity contribution >= 4 is 5.91 Å². The van der Waals surface area contributed by atoms with Crippen molar-refractivity contribution in [1.29, 1.82) is 0 Å². The van der Waals surface area contributed by atoms with E-state index in [1.165, 1.54) is 19.3 Å². The highest BCUT2D eigenvalue weighted by Crippen LogP contribution is 2.27. The zero-order valence-electron chi connectivity index (χ0n) is 15.6. The topological polar surface area (TPSA) is 60.8 Å². The fraction of sp³-hybridized carbons (Fsp3) is 0.842. The fourth-order valence-corrected chi connectivity index (χ4v) is 3.00. The molecule has 0 aliphatic rings. The summed E-state index contributed by atoms with van der Waals surface area (Å²) in [5.74, 6) is 1.47. The molecular formula is C19H37NO3. The van der Waals surface area contributed by atoms with Gasteiger partial charge in [-0.2, -0.15) is 0 Å². The van der Waals surface area contributed by atoms with Crippen LogP contribution in [0.5, 0.6) is 0 Å². The summed E-state index contributed by atoms with van der Waals surface area (Å²) in [5, 5.41) is 18.3. The van der Waals surface area contributed by atoms with Gasteiger partial charge in [0.15, 0.2) is 0 Å². The van der Waals surface area contributed by atoms with Crippen molar-refractivity contribution < 1.29 is 15.0 Å². The molecule has 3 atom stereocenters. The maximum atomic E-state index is 11.7. The molecule has 4 nitrogen and oxygen atoms in total. The number of hydrogen-bond donors (Lipinski definition) is 2. The molecule has 0 saturated heterocycles. The molecular weight excluding hydrogens is 290 g/mol. The van der Waals surface area contributed by atoms with E-state index in [4.69, 9.17) is 5.11 Å². The van der Waals surface area contributed by atoms with Crippen LogP contribution in [0.3, 0.4) is 0 Å². The molecule has 0 fully saturated rings. The minimum absolute atomic E-state index is 0.162. The molecule has 0 spiro atoms. The number of aliphatic hydroxyl groups is 2. The maximum absolute atomic E-state index is 11.7. The average molecular weight is 328 g/mol. The first-order valence-corrected chi connectivity index (χ1v) is 9.03. The normalized spacial score (nSPS) is 15.0. The molecule has 0 aromatic rings. The van der Waals surface area contributed by atoms with Crippen LogP contribution in [0, 0.1) is 17.8 Å². The largest absolute Gasteiger partial charge is 0.396 e. The summed E-state index contributed by atoms with van der Waals surface area (Å²) in [6, 6.07) is 0. The number of amides is 1.